The molecule has 1 heterocycles. The summed E-state index contributed by atoms with van der Waals surface area (Å²) >= 11 is 0.898. The van der Waals surface area contributed by atoms with Crippen LogP contribution in [0.25, 0.3) is 5.69 Å². The highest BCUT2D eigenvalue weighted by Crippen LogP contribution is 2.12. The Morgan fingerprint density at radius 2 is 1.68 bits per heavy atom. The average Bonchev–Trinajstić information content (AvgIpc) is 2.73. The maximum absolute atomic E-state index is 12.7. The minimum Gasteiger partial charge on any atom is -0.497 e. The summed E-state index contributed by atoms with van der Waals surface area (Å²) in [5.74, 6) is -0.617. The smallest absolute Gasteiger partial charge is 0.348 e. The van der Waals surface area contributed by atoms with Crippen LogP contribution in [0.2, 0.25) is 0 Å². The first-order chi connectivity index (χ1) is 13.5. The van der Waals surface area contributed by atoms with Crippen LogP contribution in [0, 0.1) is 0 Å². The van der Waals surface area contributed by atoms with E-state index in [9.17, 15) is 14.4 Å². The molecule has 7 nitrogen and oxygen atoms in total. The summed E-state index contributed by atoms with van der Waals surface area (Å²) in [6.45, 7) is 0. The Morgan fingerprint density at radius 3 is 2.29 bits per heavy atom. The lowest BCUT2D eigenvalue weighted by molar-refractivity contribution is 0.0605. The normalized spacial score (nSPS) is 11.1. The molecule has 0 aliphatic heterocycles. The van der Waals surface area contributed by atoms with Gasteiger partial charge in [-0.3, -0.25) is 14.2 Å². The monoisotopic (exact) mass is 396 g/mol. The number of para-hydroxylation sites is 1. The van der Waals surface area contributed by atoms with Crippen molar-refractivity contribution in [1.82, 2.24) is 4.57 Å². The van der Waals surface area contributed by atoms with Gasteiger partial charge >= 0.3 is 5.97 Å². The van der Waals surface area contributed by atoms with Crippen molar-refractivity contribution in [2.45, 2.75) is 0 Å². The van der Waals surface area contributed by atoms with Gasteiger partial charge in [0, 0.05) is 11.6 Å². The second-order valence-corrected chi connectivity index (χ2v) is 6.55. The highest BCUT2D eigenvalue weighted by atomic mass is 32.1. The van der Waals surface area contributed by atoms with Crippen LogP contribution in [0.15, 0.2) is 70.5 Å². The zero-order valence-electron chi connectivity index (χ0n) is 15.1. The van der Waals surface area contributed by atoms with Crippen LogP contribution >= 0.6 is 11.3 Å². The molecule has 0 spiro atoms. The van der Waals surface area contributed by atoms with E-state index in [2.05, 4.69) is 9.73 Å². The van der Waals surface area contributed by atoms with Crippen LogP contribution in [0.3, 0.4) is 0 Å². The molecule has 0 saturated heterocycles. The number of esters is 1. The molecular formula is C20H16N2O5S. The number of aromatic nitrogens is 1. The van der Waals surface area contributed by atoms with E-state index in [1.54, 1.807) is 54.6 Å². The third-order valence-corrected chi connectivity index (χ3v) is 4.76. The lowest BCUT2D eigenvalue weighted by Gasteiger charge is -2.07. The van der Waals surface area contributed by atoms with Gasteiger partial charge in [0.2, 0.25) is 4.80 Å². The van der Waals surface area contributed by atoms with Gasteiger partial charge in [-0.05, 0) is 36.4 Å². The fourth-order valence-corrected chi connectivity index (χ4v) is 3.36. The van der Waals surface area contributed by atoms with Gasteiger partial charge in [0.1, 0.15) is 10.6 Å². The second-order valence-electron chi connectivity index (χ2n) is 5.54. The number of amides is 1. The minimum absolute atomic E-state index is 0.0564. The minimum atomic E-state index is -0.671. The SMILES string of the molecule is COC(=O)c1cc(=O)n(-c2ccccc2)c(=NC(=O)c2ccc(OC)cc2)s1. The Balaban J connectivity index is 2.19. The summed E-state index contributed by atoms with van der Waals surface area (Å²) in [5.41, 5.74) is 0.358. The fraction of sp³-hybridized carbons (Fsp3) is 0.100. The molecule has 0 saturated carbocycles. The third kappa shape index (κ3) is 4.07. The number of methoxy groups -OCH3 is 2. The van der Waals surface area contributed by atoms with Crippen molar-refractivity contribution in [2.75, 3.05) is 14.2 Å². The number of hydrogen-bond donors (Lipinski definition) is 0. The van der Waals surface area contributed by atoms with Crippen molar-refractivity contribution in [2.24, 2.45) is 4.99 Å². The molecular weight excluding hydrogens is 380 g/mol. The number of benzene rings is 2. The first-order valence-electron chi connectivity index (χ1n) is 8.17. The van der Waals surface area contributed by atoms with E-state index in [1.807, 2.05) is 0 Å². The molecule has 0 aliphatic carbocycles. The van der Waals surface area contributed by atoms with Crippen molar-refractivity contribution in [1.29, 1.82) is 0 Å². The first kappa shape index (κ1) is 19.2. The number of carbonyl (C=O) groups is 2. The van der Waals surface area contributed by atoms with E-state index in [-0.39, 0.29) is 9.68 Å². The van der Waals surface area contributed by atoms with Gasteiger partial charge in [-0.2, -0.15) is 4.99 Å². The van der Waals surface area contributed by atoms with Crippen LogP contribution in [-0.4, -0.2) is 30.7 Å². The Labute approximate surface area is 164 Å². The van der Waals surface area contributed by atoms with Crippen molar-refractivity contribution in [3.8, 4) is 11.4 Å². The molecule has 0 atom stereocenters. The molecule has 0 aliphatic rings. The van der Waals surface area contributed by atoms with Crippen molar-refractivity contribution in [3.63, 3.8) is 0 Å². The van der Waals surface area contributed by atoms with E-state index in [0.29, 0.717) is 17.0 Å². The summed E-state index contributed by atoms with van der Waals surface area (Å²) in [6.07, 6.45) is 0. The molecule has 1 amide bonds. The standard InChI is InChI=1S/C20H16N2O5S/c1-26-15-10-8-13(9-11-15)18(24)21-20-22(14-6-4-3-5-7-14)17(23)12-16(28-20)19(25)27-2/h3-12H,1-2H3. The lowest BCUT2D eigenvalue weighted by Crippen LogP contribution is -2.32. The third-order valence-electron chi connectivity index (χ3n) is 3.80. The molecule has 1 aromatic heterocycles. The van der Waals surface area contributed by atoms with E-state index in [1.165, 1.54) is 24.9 Å². The first-order valence-corrected chi connectivity index (χ1v) is 8.99. The molecule has 28 heavy (non-hydrogen) atoms. The number of rotatable bonds is 4. The molecule has 8 heteroatoms. The van der Waals surface area contributed by atoms with Crippen LogP contribution in [-0.2, 0) is 4.74 Å². The zero-order chi connectivity index (χ0) is 20.1. The predicted molar refractivity (Wildman–Crippen MR) is 104 cm³/mol. The van der Waals surface area contributed by atoms with E-state index >= 15 is 0 Å². The molecule has 0 unspecified atom stereocenters. The quantitative estimate of drug-likeness (QED) is 0.632. The Bertz CT molecular complexity index is 1130. The van der Waals surface area contributed by atoms with Crippen LogP contribution < -0.4 is 15.1 Å². The number of carbonyl (C=O) groups excluding carboxylic acids is 2. The molecule has 0 fully saturated rings. The van der Waals surface area contributed by atoms with E-state index in [0.717, 1.165) is 11.3 Å². The predicted octanol–water partition coefficient (Wildman–Crippen LogP) is 2.44. The van der Waals surface area contributed by atoms with E-state index < -0.39 is 17.4 Å². The second kappa shape index (κ2) is 8.45. The summed E-state index contributed by atoms with van der Waals surface area (Å²) < 4.78 is 11.0. The Hall–Kier alpha value is -3.52. The molecule has 2 aromatic carbocycles. The summed E-state index contributed by atoms with van der Waals surface area (Å²) in [6, 6.07) is 16.3. The number of nitrogens with zero attached hydrogens (tertiary/aromatic N) is 2. The molecule has 3 aromatic rings. The maximum Gasteiger partial charge on any atom is 0.348 e. The fourth-order valence-electron chi connectivity index (χ4n) is 2.42. The van der Waals surface area contributed by atoms with Crippen LogP contribution in [0.4, 0.5) is 0 Å². The van der Waals surface area contributed by atoms with Gasteiger partial charge in [-0.1, -0.05) is 29.5 Å². The van der Waals surface area contributed by atoms with Crippen LogP contribution in [0.1, 0.15) is 20.0 Å². The van der Waals surface area contributed by atoms with Crippen molar-refractivity contribution >= 4 is 23.2 Å². The topological polar surface area (TPSA) is 87.0 Å². The molecule has 0 N–H and O–H groups in total. The average molecular weight is 396 g/mol. The molecule has 0 radical (unpaired) electrons. The maximum atomic E-state index is 12.7. The molecule has 3 rings (SSSR count). The van der Waals surface area contributed by atoms with E-state index in [4.69, 9.17) is 4.74 Å². The van der Waals surface area contributed by atoms with Gasteiger partial charge in [0.05, 0.1) is 19.9 Å². The van der Waals surface area contributed by atoms with Gasteiger partial charge in [-0.15, -0.1) is 0 Å². The Morgan fingerprint density at radius 1 is 1.00 bits per heavy atom. The summed E-state index contributed by atoms with van der Waals surface area (Å²) in [4.78, 5) is 41.4. The number of ether oxygens (including phenoxy) is 2. The highest BCUT2D eigenvalue weighted by Gasteiger charge is 2.14. The van der Waals surface area contributed by atoms with Crippen molar-refractivity contribution in [3.05, 3.63) is 86.3 Å². The molecule has 142 valence electrons. The summed E-state index contributed by atoms with van der Waals surface area (Å²) in [7, 11) is 2.75. The zero-order valence-corrected chi connectivity index (χ0v) is 15.9. The van der Waals surface area contributed by atoms with Gasteiger partial charge in [0.25, 0.3) is 11.5 Å². The molecule has 0 bridgehead atoms. The van der Waals surface area contributed by atoms with Gasteiger partial charge < -0.3 is 9.47 Å². The van der Waals surface area contributed by atoms with Gasteiger partial charge in [-0.25, -0.2) is 4.79 Å². The largest absolute Gasteiger partial charge is 0.497 e. The van der Waals surface area contributed by atoms with Crippen LogP contribution in [0.5, 0.6) is 5.75 Å². The Kier molecular flexibility index (Phi) is 5.81. The highest BCUT2D eigenvalue weighted by molar-refractivity contribution is 7.11. The summed E-state index contributed by atoms with van der Waals surface area (Å²) in [5, 5.41) is 0. The van der Waals surface area contributed by atoms with Gasteiger partial charge in [0.15, 0.2) is 0 Å². The lowest BCUT2D eigenvalue weighted by atomic mass is 10.2. The number of hydrogen-bond acceptors (Lipinski definition) is 6. The van der Waals surface area contributed by atoms with Crippen molar-refractivity contribution < 1.29 is 19.1 Å².